The molecule has 0 bridgehead atoms. The number of carboxylic acid groups (broad SMARTS) is 2. The van der Waals surface area contributed by atoms with Crippen LogP contribution in [0.15, 0.2) is 11.6 Å². The molecule has 2 heterocycles. The van der Waals surface area contributed by atoms with E-state index >= 15 is 0 Å². The van der Waals surface area contributed by atoms with Gasteiger partial charge in [0.2, 0.25) is 0 Å². The van der Waals surface area contributed by atoms with Crippen molar-refractivity contribution in [3.63, 3.8) is 0 Å². The highest BCUT2D eigenvalue weighted by atomic mass is 16.7. The molecule has 0 aromatic heterocycles. The van der Waals surface area contributed by atoms with Crippen LogP contribution in [-0.4, -0.2) is 116 Å². The fraction of sp³-hybridized carbons (Fsp3) is 0.902. The van der Waals surface area contributed by atoms with Crippen LogP contribution in [0.25, 0.3) is 0 Å². The quantitative estimate of drug-likeness (QED) is 0.146. The Morgan fingerprint density at radius 1 is 0.778 bits per heavy atom. The molecule has 7 rings (SSSR count). The van der Waals surface area contributed by atoms with Crippen LogP contribution in [-0.2, 0) is 28.5 Å². The molecule has 0 aromatic carbocycles. The third kappa shape index (κ3) is 5.80. The number of hydrogen-bond acceptors (Lipinski definition) is 11. The maximum atomic E-state index is 13.0. The van der Waals surface area contributed by atoms with Crippen molar-refractivity contribution in [2.75, 3.05) is 6.61 Å². The smallest absolute Gasteiger partial charge is 0.335 e. The molecule has 54 heavy (non-hydrogen) atoms. The number of aliphatic hydroxyl groups is 5. The van der Waals surface area contributed by atoms with E-state index in [4.69, 9.17) is 18.9 Å². The number of fused-ring (bicyclic) bond motifs is 7. The van der Waals surface area contributed by atoms with Crippen molar-refractivity contribution in [1.82, 2.24) is 0 Å². The molecule has 4 saturated carbocycles. The summed E-state index contributed by atoms with van der Waals surface area (Å²) in [7, 11) is 0. The first kappa shape index (κ1) is 40.5. The highest BCUT2D eigenvalue weighted by Crippen LogP contribution is 2.76. The molecule has 0 amide bonds. The topological polar surface area (TPSA) is 213 Å². The van der Waals surface area contributed by atoms with Crippen molar-refractivity contribution in [3.8, 4) is 0 Å². The summed E-state index contributed by atoms with van der Waals surface area (Å²) in [5, 5.41) is 73.2. The lowest BCUT2D eigenvalue weighted by Crippen LogP contribution is -2.66. The molecule has 7 aliphatic rings. The van der Waals surface area contributed by atoms with Gasteiger partial charge >= 0.3 is 11.9 Å². The Labute approximate surface area is 318 Å². The van der Waals surface area contributed by atoms with E-state index in [1.165, 1.54) is 5.57 Å². The van der Waals surface area contributed by atoms with E-state index in [1.807, 2.05) is 0 Å². The van der Waals surface area contributed by atoms with Crippen LogP contribution in [0, 0.1) is 50.2 Å². The second-order valence-electron chi connectivity index (χ2n) is 20.2. The van der Waals surface area contributed by atoms with E-state index < -0.39 is 90.8 Å². The number of allylic oxidation sites excluding steroid dienone is 2. The molecule has 17 atom stereocenters. The molecule has 13 nitrogen and oxygen atoms in total. The minimum absolute atomic E-state index is 0.0291. The van der Waals surface area contributed by atoms with Crippen molar-refractivity contribution < 1.29 is 64.3 Å². The molecule has 306 valence electrons. The molecule has 2 saturated heterocycles. The molecule has 5 aliphatic carbocycles. The van der Waals surface area contributed by atoms with Gasteiger partial charge in [-0.1, -0.05) is 60.1 Å². The van der Waals surface area contributed by atoms with Crippen LogP contribution in [0.4, 0.5) is 0 Å². The highest BCUT2D eigenvalue weighted by molar-refractivity contribution is 5.76. The van der Waals surface area contributed by atoms with Crippen molar-refractivity contribution in [3.05, 3.63) is 11.6 Å². The fourth-order valence-corrected chi connectivity index (χ4v) is 13.4. The molecule has 0 spiro atoms. The second-order valence-corrected chi connectivity index (χ2v) is 20.2. The molecule has 2 aliphatic heterocycles. The fourth-order valence-electron chi connectivity index (χ4n) is 13.4. The first-order valence-electron chi connectivity index (χ1n) is 20.2. The van der Waals surface area contributed by atoms with Gasteiger partial charge in [-0.15, -0.1) is 0 Å². The summed E-state index contributed by atoms with van der Waals surface area (Å²) < 4.78 is 23.3. The van der Waals surface area contributed by atoms with Crippen LogP contribution in [0.5, 0.6) is 0 Å². The normalized spacial score (nSPS) is 52.2. The van der Waals surface area contributed by atoms with Crippen LogP contribution in [0.2, 0.25) is 0 Å². The Balaban J connectivity index is 1.10. The van der Waals surface area contributed by atoms with Crippen molar-refractivity contribution >= 4 is 11.9 Å². The Morgan fingerprint density at radius 2 is 1.43 bits per heavy atom. The lowest BCUT2D eigenvalue weighted by molar-refractivity contribution is -0.342. The lowest BCUT2D eigenvalue weighted by atomic mass is 9.33. The van der Waals surface area contributed by atoms with Crippen molar-refractivity contribution in [2.24, 2.45) is 50.2 Å². The summed E-state index contributed by atoms with van der Waals surface area (Å²) in [6, 6.07) is 0. The predicted molar refractivity (Wildman–Crippen MR) is 192 cm³/mol. The monoisotopic (exact) mass is 764 g/mol. The molecule has 0 aromatic rings. The van der Waals surface area contributed by atoms with Crippen LogP contribution >= 0.6 is 0 Å². The van der Waals surface area contributed by atoms with Gasteiger partial charge in [0.05, 0.1) is 18.1 Å². The zero-order valence-electron chi connectivity index (χ0n) is 32.9. The molecule has 7 N–H and O–H groups in total. The van der Waals surface area contributed by atoms with Gasteiger partial charge in [0.15, 0.2) is 18.7 Å². The maximum Gasteiger partial charge on any atom is 0.335 e. The van der Waals surface area contributed by atoms with Gasteiger partial charge in [-0.25, -0.2) is 4.79 Å². The van der Waals surface area contributed by atoms with E-state index in [0.29, 0.717) is 18.8 Å². The van der Waals surface area contributed by atoms with E-state index in [9.17, 15) is 45.3 Å². The molecule has 17 unspecified atom stereocenters. The van der Waals surface area contributed by atoms with Gasteiger partial charge in [0.25, 0.3) is 0 Å². The third-order valence-corrected chi connectivity index (χ3v) is 16.9. The largest absolute Gasteiger partial charge is 0.481 e. The van der Waals surface area contributed by atoms with E-state index in [-0.39, 0.29) is 33.5 Å². The Kier molecular flexibility index (Phi) is 10.1. The van der Waals surface area contributed by atoms with Gasteiger partial charge in [0, 0.05) is 0 Å². The lowest BCUT2D eigenvalue weighted by Gasteiger charge is -2.71. The third-order valence-electron chi connectivity index (χ3n) is 16.9. The summed E-state index contributed by atoms with van der Waals surface area (Å²) in [6.45, 7) is 15.6. The number of ether oxygens (including phenoxy) is 4. The van der Waals surface area contributed by atoms with Crippen molar-refractivity contribution in [2.45, 2.75) is 174 Å². The molecule has 13 heteroatoms. The average Bonchev–Trinajstić information content (AvgIpc) is 3.36. The molecular weight excluding hydrogens is 700 g/mol. The van der Waals surface area contributed by atoms with Gasteiger partial charge in [0.1, 0.15) is 36.6 Å². The summed E-state index contributed by atoms with van der Waals surface area (Å²) >= 11 is 0. The Bertz CT molecular complexity index is 1510. The molecule has 0 radical (unpaired) electrons. The SMILES string of the molecule is CC1(C)CCC2(C(=O)O)CCC3(C)C(=CCC4C5(C)CCC(OC6OC(C(=O)O)C(OC7OC(CO)C(O)C7O)C(O)C6O)C(C)(C)C5CCC43C)C2C1. The summed E-state index contributed by atoms with van der Waals surface area (Å²) in [4.78, 5) is 25.4. The van der Waals surface area contributed by atoms with Gasteiger partial charge in [-0.05, 0) is 109 Å². The minimum atomic E-state index is -1.80. The van der Waals surface area contributed by atoms with Crippen LogP contribution in [0.1, 0.15) is 113 Å². The van der Waals surface area contributed by atoms with E-state index in [1.54, 1.807) is 0 Å². The Morgan fingerprint density at radius 3 is 2.06 bits per heavy atom. The second kappa shape index (κ2) is 13.4. The van der Waals surface area contributed by atoms with Gasteiger partial charge in [-0.2, -0.15) is 0 Å². The molecule has 6 fully saturated rings. The van der Waals surface area contributed by atoms with Crippen LogP contribution < -0.4 is 0 Å². The standard InChI is InChI=1S/C41H64O13/c1-36(2)14-16-41(35(49)50)17-15-39(6)20(21(41)18-36)8-9-24-38(5)12-11-25(37(3,4)23(38)10-13-40(24,39)7)52-34-29(46)27(44)30(31(54-34)32(47)48)53-33-28(45)26(43)22(19-42)51-33/h8,21-31,33-34,42-46H,9-19H2,1-7H3,(H,47,48)(H,49,50). The van der Waals surface area contributed by atoms with E-state index in [2.05, 4.69) is 54.5 Å². The van der Waals surface area contributed by atoms with Crippen LogP contribution in [0.3, 0.4) is 0 Å². The van der Waals surface area contributed by atoms with Gasteiger partial charge < -0.3 is 54.7 Å². The molecular formula is C41H64O13. The zero-order chi connectivity index (χ0) is 39.6. The number of aliphatic carboxylic acids is 2. The first-order chi connectivity index (χ1) is 25.1. The number of aliphatic hydroxyl groups excluding tert-OH is 5. The van der Waals surface area contributed by atoms with E-state index in [0.717, 1.165) is 51.4 Å². The van der Waals surface area contributed by atoms with Gasteiger partial charge in [-0.3, -0.25) is 4.79 Å². The predicted octanol–water partition coefficient (Wildman–Crippen LogP) is 3.61. The first-order valence-corrected chi connectivity index (χ1v) is 20.2. The average molecular weight is 765 g/mol. The zero-order valence-corrected chi connectivity index (χ0v) is 32.9. The number of carbonyl (C=O) groups is 2. The minimum Gasteiger partial charge on any atom is -0.481 e. The number of carboxylic acids is 2. The maximum absolute atomic E-state index is 13.0. The summed E-state index contributed by atoms with van der Waals surface area (Å²) in [5.41, 5.74) is 0.157. The van der Waals surface area contributed by atoms with Crippen molar-refractivity contribution in [1.29, 1.82) is 0 Å². The number of rotatable bonds is 7. The summed E-state index contributed by atoms with van der Waals surface area (Å²) in [6.07, 6.45) is -3.88. The number of hydrogen-bond donors (Lipinski definition) is 7. The highest BCUT2D eigenvalue weighted by Gasteiger charge is 2.69. The Hall–Kier alpha value is -1.68. The summed E-state index contributed by atoms with van der Waals surface area (Å²) in [5.74, 6) is -1.50.